The van der Waals surface area contributed by atoms with E-state index in [0.29, 0.717) is 17.5 Å². The second-order valence-corrected chi connectivity index (χ2v) is 6.34. The van der Waals surface area contributed by atoms with Gasteiger partial charge in [-0.25, -0.2) is 0 Å². The van der Waals surface area contributed by atoms with E-state index in [2.05, 4.69) is 51.2 Å². The molecule has 0 aliphatic heterocycles. The molecular formula is C13H30N2S. The van der Waals surface area contributed by atoms with Crippen LogP contribution in [0.2, 0.25) is 0 Å². The molecule has 2 nitrogen and oxygen atoms in total. The van der Waals surface area contributed by atoms with E-state index in [0.717, 1.165) is 6.54 Å². The largest absolute Gasteiger partial charge is 0.317 e. The van der Waals surface area contributed by atoms with Crippen LogP contribution in [-0.2, 0) is 0 Å². The molecule has 0 radical (unpaired) electrons. The van der Waals surface area contributed by atoms with E-state index in [1.807, 2.05) is 18.8 Å². The molecule has 16 heavy (non-hydrogen) atoms. The molecule has 0 aromatic heterocycles. The molecule has 0 aliphatic rings. The molecule has 0 amide bonds. The maximum absolute atomic E-state index is 3.37. The van der Waals surface area contributed by atoms with E-state index >= 15 is 0 Å². The van der Waals surface area contributed by atoms with E-state index in [9.17, 15) is 0 Å². The first-order valence-electron chi connectivity index (χ1n) is 6.25. The van der Waals surface area contributed by atoms with Gasteiger partial charge in [-0.1, -0.05) is 20.8 Å². The van der Waals surface area contributed by atoms with Crippen molar-refractivity contribution in [3.05, 3.63) is 0 Å². The van der Waals surface area contributed by atoms with Crippen molar-refractivity contribution in [3.8, 4) is 0 Å². The van der Waals surface area contributed by atoms with Gasteiger partial charge in [-0.05, 0) is 39.1 Å². The Bertz CT molecular complexity index is 183. The third kappa shape index (κ3) is 5.07. The van der Waals surface area contributed by atoms with Crippen LogP contribution in [0.15, 0.2) is 0 Å². The van der Waals surface area contributed by atoms with Crippen molar-refractivity contribution in [1.82, 2.24) is 10.2 Å². The number of nitrogens with zero attached hydrogens (tertiary/aromatic N) is 1. The fourth-order valence-corrected chi connectivity index (χ4v) is 2.92. The van der Waals surface area contributed by atoms with Gasteiger partial charge in [-0.2, -0.15) is 11.8 Å². The van der Waals surface area contributed by atoms with E-state index in [1.165, 1.54) is 12.2 Å². The first kappa shape index (κ1) is 16.3. The minimum absolute atomic E-state index is 0.315. The van der Waals surface area contributed by atoms with Gasteiger partial charge in [0.1, 0.15) is 0 Å². The summed E-state index contributed by atoms with van der Waals surface area (Å²) in [5.74, 6) is 1.23. The Morgan fingerprint density at radius 1 is 1.38 bits per heavy atom. The van der Waals surface area contributed by atoms with Crippen molar-refractivity contribution in [1.29, 1.82) is 0 Å². The summed E-state index contributed by atoms with van der Waals surface area (Å²) in [6.07, 6.45) is 3.43. The van der Waals surface area contributed by atoms with Gasteiger partial charge >= 0.3 is 0 Å². The van der Waals surface area contributed by atoms with Crippen LogP contribution < -0.4 is 5.32 Å². The van der Waals surface area contributed by atoms with Gasteiger partial charge in [-0.3, -0.25) is 0 Å². The molecule has 0 fully saturated rings. The molecule has 0 bridgehead atoms. The topological polar surface area (TPSA) is 15.3 Å². The molecule has 98 valence electrons. The SMILES string of the molecule is CCC(CSC)N(C)CC(C)(C)C(C)NC. The molecule has 0 saturated carbocycles. The zero-order valence-corrected chi connectivity index (χ0v) is 12.9. The summed E-state index contributed by atoms with van der Waals surface area (Å²) in [4.78, 5) is 2.52. The number of nitrogens with one attached hydrogen (secondary N) is 1. The first-order valence-corrected chi connectivity index (χ1v) is 7.64. The maximum atomic E-state index is 3.37. The molecule has 0 saturated heterocycles. The van der Waals surface area contributed by atoms with Crippen molar-refractivity contribution in [2.75, 3.05) is 32.6 Å². The summed E-state index contributed by atoms with van der Waals surface area (Å²) in [5.41, 5.74) is 0.315. The first-order chi connectivity index (χ1) is 7.38. The lowest BCUT2D eigenvalue weighted by Crippen LogP contribution is -2.47. The monoisotopic (exact) mass is 246 g/mol. The van der Waals surface area contributed by atoms with Crippen molar-refractivity contribution in [2.24, 2.45) is 5.41 Å². The van der Waals surface area contributed by atoms with Crippen LogP contribution in [0, 0.1) is 5.41 Å². The number of hydrogen-bond acceptors (Lipinski definition) is 3. The number of hydrogen-bond donors (Lipinski definition) is 1. The van der Waals surface area contributed by atoms with Gasteiger partial charge in [-0.15, -0.1) is 0 Å². The Morgan fingerprint density at radius 2 is 1.94 bits per heavy atom. The molecule has 0 aromatic carbocycles. The highest BCUT2D eigenvalue weighted by molar-refractivity contribution is 7.98. The van der Waals surface area contributed by atoms with Gasteiger partial charge in [0.05, 0.1) is 0 Å². The molecule has 1 N–H and O–H groups in total. The molecule has 0 rings (SSSR count). The highest BCUT2D eigenvalue weighted by Crippen LogP contribution is 2.23. The van der Waals surface area contributed by atoms with Crippen LogP contribution in [0.5, 0.6) is 0 Å². The third-order valence-corrected chi connectivity index (χ3v) is 4.43. The van der Waals surface area contributed by atoms with E-state index in [1.54, 1.807) is 0 Å². The second kappa shape index (κ2) is 7.57. The predicted octanol–water partition coefficient (Wildman–Crippen LogP) is 2.69. The van der Waals surface area contributed by atoms with E-state index in [-0.39, 0.29) is 0 Å². The van der Waals surface area contributed by atoms with Gasteiger partial charge < -0.3 is 10.2 Å². The van der Waals surface area contributed by atoms with Crippen LogP contribution >= 0.6 is 11.8 Å². The fourth-order valence-electron chi connectivity index (χ4n) is 2.05. The van der Waals surface area contributed by atoms with E-state index < -0.39 is 0 Å². The lowest BCUT2D eigenvalue weighted by Gasteiger charge is -2.38. The van der Waals surface area contributed by atoms with Crippen LogP contribution in [0.4, 0.5) is 0 Å². The molecule has 0 spiro atoms. The molecule has 0 heterocycles. The Kier molecular flexibility index (Phi) is 7.70. The molecule has 3 heteroatoms. The average molecular weight is 246 g/mol. The van der Waals surface area contributed by atoms with Crippen LogP contribution in [0.1, 0.15) is 34.1 Å². The Labute approximate surface area is 107 Å². The standard InChI is InChI=1S/C13H30N2S/c1-8-12(9-16-7)15(6)10-13(3,4)11(2)14-5/h11-12,14H,8-10H2,1-7H3. The molecular weight excluding hydrogens is 216 g/mol. The molecule has 0 aliphatic carbocycles. The average Bonchev–Trinajstić information content (AvgIpc) is 2.23. The fraction of sp³-hybridized carbons (Fsp3) is 1.00. The van der Waals surface area contributed by atoms with Gasteiger partial charge in [0.15, 0.2) is 0 Å². The second-order valence-electron chi connectivity index (χ2n) is 5.43. The molecule has 2 unspecified atom stereocenters. The predicted molar refractivity (Wildman–Crippen MR) is 77.4 cm³/mol. The zero-order valence-electron chi connectivity index (χ0n) is 12.1. The Hall–Kier alpha value is 0.270. The summed E-state index contributed by atoms with van der Waals surface area (Å²) in [6, 6.07) is 1.25. The van der Waals surface area contributed by atoms with E-state index in [4.69, 9.17) is 0 Å². The van der Waals surface area contributed by atoms with Gasteiger partial charge in [0.25, 0.3) is 0 Å². The van der Waals surface area contributed by atoms with Crippen molar-refractivity contribution in [3.63, 3.8) is 0 Å². The Morgan fingerprint density at radius 3 is 2.31 bits per heavy atom. The maximum Gasteiger partial charge on any atom is 0.0180 e. The summed E-state index contributed by atoms with van der Waals surface area (Å²) in [7, 11) is 4.31. The van der Waals surface area contributed by atoms with Gasteiger partial charge in [0.2, 0.25) is 0 Å². The minimum atomic E-state index is 0.315. The summed E-state index contributed by atoms with van der Waals surface area (Å²) < 4.78 is 0. The van der Waals surface area contributed by atoms with Crippen molar-refractivity contribution in [2.45, 2.75) is 46.2 Å². The van der Waals surface area contributed by atoms with Crippen molar-refractivity contribution < 1.29 is 0 Å². The highest BCUT2D eigenvalue weighted by atomic mass is 32.2. The summed E-state index contributed by atoms with van der Waals surface area (Å²) in [5, 5.41) is 3.37. The molecule has 0 aromatic rings. The normalized spacial score (nSPS) is 16.5. The smallest absolute Gasteiger partial charge is 0.0180 e. The Balaban J connectivity index is 4.34. The van der Waals surface area contributed by atoms with Crippen LogP contribution in [0.25, 0.3) is 0 Å². The summed E-state index contributed by atoms with van der Waals surface area (Å²) in [6.45, 7) is 10.4. The molecule has 2 atom stereocenters. The minimum Gasteiger partial charge on any atom is -0.317 e. The lowest BCUT2D eigenvalue weighted by atomic mass is 9.84. The number of rotatable bonds is 8. The van der Waals surface area contributed by atoms with Crippen molar-refractivity contribution >= 4 is 11.8 Å². The van der Waals surface area contributed by atoms with Crippen LogP contribution in [0.3, 0.4) is 0 Å². The quantitative estimate of drug-likeness (QED) is 0.709. The number of thioether (sulfide) groups is 1. The summed E-state index contributed by atoms with van der Waals surface area (Å²) >= 11 is 1.95. The third-order valence-electron chi connectivity index (χ3n) is 3.72. The highest BCUT2D eigenvalue weighted by Gasteiger charge is 2.28. The van der Waals surface area contributed by atoms with Crippen LogP contribution in [-0.4, -0.2) is 49.6 Å². The zero-order chi connectivity index (χ0) is 12.8. The lowest BCUT2D eigenvalue weighted by molar-refractivity contribution is 0.139. The van der Waals surface area contributed by atoms with Gasteiger partial charge in [0, 0.05) is 24.4 Å².